The van der Waals surface area contributed by atoms with E-state index in [1.54, 1.807) is 0 Å². The van der Waals surface area contributed by atoms with Crippen LogP contribution in [0.15, 0.2) is 0 Å². The number of amides is 1. The van der Waals surface area contributed by atoms with E-state index in [-0.39, 0.29) is 18.5 Å². The molecule has 2 unspecified atom stereocenters. The molecule has 0 aromatic rings. The number of nitrogens with one attached hydrogen (secondary N) is 1. The lowest BCUT2D eigenvalue weighted by Gasteiger charge is -2.22. The molecule has 0 aliphatic heterocycles. The first-order chi connectivity index (χ1) is 41.5. The fourth-order valence-electron chi connectivity index (χ4n) is 12.9. The minimum absolute atomic E-state index is 0.0251. The molecule has 2 atom stereocenters. The highest BCUT2D eigenvalue weighted by Crippen LogP contribution is 2.21. The highest BCUT2D eigenvalue weighted by molar-refractivity contribution is 5.76. The lowest BCUT2D eigenvalue weighted by atomic mass is 10.0. The first-order valence-corrected chi connectivity index (χ1v) is 39.3. The maximum atomic E-state index is 12.6. The Bertz CT molecular complexity index is 1230. The first-order valence-electron chi connectivity index (χ1n) is 39.3. The Labute approximate surface area is 527 Å². The number of aliphatic hydroxyl groups excluding tert-OH is 2. The Morgan fingerprint density at radius 1 is 0.286 bits per heavy atom. The molecule has 0 heterocycles. The van der Waals surface area contributed by atoms with E-state index in [0.717, 1.165) is 38.5 Å². The molecule has 0 spiro atoms. The van der Waals surface area contributed by atoms with Crippen molar-refractivity contribution in [2.75, 3.05) is 13.2 Å². The Kier molecular flexibility index (Phi) is 73.3. The number of unbranched alkanes of at least 4 members (excludes halogenated alkanes) is 64. The maximum Gasteiger partial charge on any atom is 0.305 e. The van der Waals surface area contributed by atoms with Crippen molar-refractivity contribution < 1.29 is 24.5 Å². The normalized spacial score (nSPS) is 12.4. The summed E-state index contributed by atoms with van der Waals surface area (Å²) in [5, 5.41) is 23.5. The van der Waals surface area contributed by atoms with Crippen LogP contribution in [0.2, 0.25) is 0 Å². The third-order valence-corrected chi connectivity index (χ3v) is 18.9. The third kappa shape index (κ3) is 70.0. The quantitative estimate of drug-likeness (QED) is 0.0417. The van der Waals surface area contributed by atoms with Gasteiger partial charge in [-0.25, -0.2) is 0 Å². The van der Waals surface area contributed by atoms with Crippen molar-refractivity contribution in [3.63, 3.8) is 0 Å². The number of carbonyl (C=O) groups is 2. The van der Waals surface area contributed by atoms with Gasteiger partial charge in [0.1, 0.15) is 0 Å². The van der Waals surface area contributed by atoms with E-state index in [1.807, 2.05) is 0 Å². The molecule has 0 radical (unpaired) electrons. The summed E-state index contributed by atoms with van der Waals surface area (Å²) in [6.07, 6.45) is 91.9. The average molecular weight is 1190 g/mol. The standard InChI is InChI=1S/C78H155NO5/c1-3-5-7-9-11-13-15-17-19-21-22-32-35-39-42-46-50-54-58-62-66-70-76(81)75(74-80)79-77(82)71-67-63-59-55-51-47-43-40-36-33-30-28-26-24-23-25-27-29-31-34-37-41-45-49-53-57-61-65-69-73-84-78(83)72-68-64-60-56-52-48-44-38-20-18-16-14-12-10-8-6-4-2/h75-76,80-81H,3-74H2,1-2H3,(H,79,82). The monoisotopic (exact) mass is 1190 g/mol. The van der Waals surface area contributed by atoms with Crippen molar-refractivity contribution in [1.29, 1.82) is 0 Å². The van der Waals surface area contributed by atoms with Crippen LogP contribution in [0.5, 0.6) is 0 Å². The van der Waals surface area contributed by atoms with Crippen LogP contribution in [0.3, 0.4) is 0 Å². The molecule has 84 heavy (non-hydrogen) atoms. The lowest BCUT2D eigenvalue weighted by molar-refractivity contribution is -0.143. The molecule has 3 N–H and O–H groups in total. The van der Waals surface area contributed by atoms with Crippen molar-refractivity contribution in [1.82, 2.24) is 5.32 Å². The minimum Gasteiger partial charge on any atom is -0.466 e. The summed E-state index contributed by atoms with van der Waals surface area (Å²) in [7, 11) is 0. The minimum atomic E-state index is -0.662. The molecule has 0 aromatic carbocycles. The summed E-state index contributed by atoms with van der Waals surface area (Å²) < 4.78 is 5.52. The molecule has 6 nitrogen and oxygen atoms in total. The Hall–Kier alpha value is -1.14. The van der Waals surface area contributed by atoms with Gasteiger partial charge in [0.25, 0.3) is 0 Å². The summed E-state index contributed by atoms with van der Waals surface area (Å²) in [5.74, 6) is -0.000282. The van der Waals surface area contributed by atoms with E-state index in [0.29, 0.717) is 25.9 Å². The number of hydrogen-bond donors (Lipinski definition) is 3. The van der Waals surface area contributed by atoms with Crippen LogP contribution in [-0.2, 0) is 14.3 Å². The second-order valence-corrected chi connectivity index (χ2v) is 27.4. The molecular formula is C78H155NO5. The van der Waals surface area contributed by atoms with E-state index < -0.39 is 12.1 Å². The van der Waals surface area contributed by atoms with Crippen LogP contribution >= 0.6 is 0 Å². The average Bonchev–Trinajstić information content (AvgIpc) is 3.51. The molecule has 6 heteroatoms. The van der Waals surface area contributed by atoms with Gasteiger partial charge in [0, 0.05) is 12.8 Å². The van der Waals surface area contributed by atoms with E-state index in [4.69, 9.17) is 4.74 Å². The van der Waals surface area contributed by atoms with E-state index in [1.165, 1.54) is 392 Å². The van der Waals surface area contributed by atoms with Gasteiger partial charge in [-0.2, -0.15) is 0 Å². The summed E-state index contributed by atoms with van der Waals surface area (Å²) in [6, 6.07) is -0.539. The molecule has 0 bridgehead atoms. The molecule has 0 saturated heterocycles. The van der Waals surface area contributed by atoms with Gasteiger partial charge in [-0.15, -0.1) is 0 Å². The van der Waals surface area contributed by atoms with Crippen LogP contribution in [0.1, 0.15) is 463 Å². The van der Waals surface area contributed by atoms with Gasteiger partial charge in [0.15, 0.2) is 0 Å². The summed E-state index contributed by atoms with van der Waals surface area (Å²) in [6.45, 7) is 5.02. The van der Waals surface area contributed by atoms with Crippen LogP contribution in [-0.4, -0.2) is 47.4 Å². The van der Waals surface area contributed by atoms with Crippen molar-refractivity contribution in [2.24, 2.45) is 0 Å². The van der Waals surface area contributed by atoms with Gasteiger partial charge < -0.3 is 20.3 Å². The number of ether oxygens (including phenoxy) is 1. The van der Waals surface area contributed by atoms with Gasteiger partial charge in [-0.05, 0) is 25.7 Å². The summed E-state index contributed by atoms with van der Waals surface area (Å²) in [4.78, 5) is 24.7. The van der Waals surface area contributed by atoms with Gasteiger partial charge >= 0.3 is 5.97 Å². The Balaban J connectivity index is 3.32. The SMILES string of the molecule is CCCCCCCCCCCCCCCCCCCCCCCC(O)C(CO)NC(=O)CCCCCCCCCCCCCCCCCCCCCCCCCCCCCCCOC(=O)CCCCCCCCCCCCCCCCCCC. The Morgan fingerprint density at radius 3 is 0.726 bits per heavy atom. The van der Waals surface area contributed by atoms with Gasteiger partial charge in [-0.1, -0.05) is 425 Å². The Morgan fingerprint density at radius 2 is 0.488 bits per heavy atom. The molecular weight excluding hydrogens is 1030 g/mol. The fraction of sp³-hybridized carbons (Fsp3) is 0.974. The molecule has 0 aliphatic rings. The molecule has 0 fully saturated rings. The van der Waals surface area contributed by atoms with Crippen molar-refractivity contribution in [3.8, 4) is 0 Å². The van der Waals surface area contributed by atoms with E-state index in [9.17, 15) is 19.8 Å². The largest absolute Gasteiger partial charge is 0.466 e. The second-order valence-electron chi connectivity index (χ2n) is 27.4. The predicted octanol–water partition coefficient (Wildman–Crippen LogP) is 25.7. The lowest BCUT2D eigenvalue weighted by Crippen LogP contribution is -2.45. The van der Waals surface area contributed by atoms with Gasteiger partial charge in [0.05, 0.1) is 25.4 Å². The molecule has 1 amide bonds. The molecule has 0 aliphatic carbocycles. The van der Waals surface area contributed by atoms with Crippen LogP contribution < -0.4 is 5.32 Å². The van der Waals surface area contributed by atoms with Crippen molar-refractivity contribution in [3.05, 3.63) is 0 Å². The second kappa shape index (κ2) is 74.3. The number of carbonyl (C=O) groups excluding carboxylic acids is 2. The van der Waals surface area contributed by atoms with E-state index in [2.05, 4.69) is 19.2 Å². The topological polar surface area (TPSA) is 95.9 Å². The fourth-order valence-corrected chi connectivity index (χ4v) is 12.9. The zero-order valence-electron chi connectivity index (χ0n) is 57.7. The zero-order valence-corrected chi connectivity index (χ0v) is 57.7. The number of hydrogen-bond acceptors (Lipinski definition) is 5. The van der Waals surface area contributed by atoms with Gasteiger partial charge in [-0.3, -0.25) is 9.59 Å². The molecule has 0 aromatic heterocycles. The van der Waals surface area contributed by atoms with Gasteiger partial charge in [0.2, 0.25) is 5.91 Å². The van der Waals surface area contributed by atoms with Crippen LogP contribution in [0.25, 0.3) is 0 Å². The highest BCUT2D eigenvalue weighted by Gasteiger charge is 2.20. The number of rotatable bonds is 75. The maximum absolute atomic E-state index is 12.6. The summed E-state index contributed by atoms with van der Waals surface area (Å²) in [5.41, 5.74) is 0. The third-order valence-electron chi connectivity index (χ3n) is 18.9. The van der Waals surface area contributed by atoms with Crippen molar-refractivity contribution in [2.45, 2.75) is 475 Å². The predicted molar refractivity (Wildman–Crippen MR) is 371 cm³/mol. The smallest absolute Gasteiger partial charge is 0.305 e. The molecule has 502 valence electrons. The van der Waals surface area contributed by atoms with Crippen molar-refractivity contribution >= 4 is 11.9 Å². The van der Waals surface area contributed by atoms with Crippen LogP contribution in [0, 0.1) is 0 Å². The first kappa shape index (κ1) is 82.9. The van der Waals surface area contributed by atoms with Crippen LogP contribution in [0.4, 0.5) is 0 Å². The molecule has 0 rings (SSSR count). The number of aliphatic hydroxyl groups is 2. The highest BCUT2D eigenvalue weighted by atomic mass is 16.5. The molecule has 0 saturated carbocycles. The zero-order chi connectivity index (χ0) is 60.6. The summed E-state index contributed by atoms with van der Waals surface area (Å²) >= 11 is 0. The number of esters is 1. The van der Waals surface area contributed by atoms with E-state index >= 15 is 0 Å².